The summed E-state index contributed by atoms with van der Waals surface area (Å²) in [5, 5.41) is 7.23. The van der Waals surface area contributed by atoms with Gasteiger partial charge >= 0.3 is 0 Å². The van der Waals surface area contributed by atoms with E-state index in [1.807, 2.05) is 24.3 Å². The van der Waals surface area contributed by atoms with Gasteiger partial charge in [0.05, 0.1) is 5.92 Å². The topological polar surface area (TPSA) is 41.1 Å². The highest BCUT2D eigenvalue weighted by molar-refractivity contribution is 6.30. The molecule has 1 aromatic carbocycles. The van der Waals surface area contributed by atoms with Crippen LogP contribution in [0.3, 0.4) is 0 Å². The predicted molar refractivity (Wildman–Crippen MR) is 71.4 cm³/mol. The first-order valence-corrected chi connectivity index (χ1v) is 6.88. The maximum atomic E-state index is 12.1. The first kappa shape index (κ1) is 12.0. The Kier molecular flexibility index (Phi) is 3.27. The van der Waals surface area contributed by atoms with Gasteiger partial charge < -0.3 is 10.6 Å². The van der Waals surface area contributed by atoms with E-state index in [-0.39, 0.29) is 11.8 Å². The molecule has 3 nitrogen and oxygen atoms in total. The molecular formula is C14H17ClN2O. The summed E-state index contributed by atoms with van der Waals surface area (Å²) in [5.41, 5.74) is 1.09. The van der Waals surface area contributed by atoms with E-state index in [0.717, 1.165) is 23.4 Å². The number of hydrogen-bond donors (Lipinski definition) is 2. The van der Waals surface area contributed by atoms with Crippen LogP contribution in [0, 0.1) is 5.92 Å². The van der Waals surface area contributed by atoms with Gasteiger partial charge in [0.2, 0.25) is 5.91 Å². The maximum Gasteiger partial charge on any atom is 0.225 e. The molecule has 0 radical (unpaired) electrons. The Labute approximate surface area is 112 Å². The molecule has 3 atom stereocenters. The number of fused-ring (bicyclic) bond motifs is 2. The number of carbonyl (C=O) groups is 1. The van der Waals surface area contributed by atoms with E-state index in [1.54, 1.807) is 0 Å². The summed E-state index contributed by atoms with van der Waals surface area (Å²) in [7, 11) is 0. The highest BCUT2D eigenvalue weighted by atomic mass is 35.5. The number of amides is 1. The largest absolute Gasteiger partial charge is 0.352 e. The van der Waals surface area contributed by atoms with Crippen LogP contribution in [0.15, 0.2) is 24.3 Å². The van der Waals surface area contributed by atoms with Gasteiger partial charge in [0.25, 0.3) is 0 Å². The fourth-order valence-electron chi connectivity index (χ4n) is 3.04. The lowest BCUT2D eigenvalue weighted by Crippen LogP contribution is -2.37. The normalized spacial score (nSPS) is 29.5. The Hall–Kier alpha value is -1.06. The molecular weight excluding hydrogens is 248 g/mol. The first-order chi connectivity index (χ1) is 8.72. The van der Waals surface area contributed by atoms with Crippen molar-refractivity contribution in [1.82, 2.24) is 10.6 Å². The van der Waals surface area contributed by atoms with E-state index in [9.17, 15) is 4.79 Å². The average Bonchev–Trinajstić information content (AvgIpc) is 3.00. The minimum absolute atomic E-state index is 0.163. The molecule has 2 fully saturated rings. The molecule has 18 heavy (non-hydrogen) atoms. The number of benzene rings is 1. The molecule has 2 aliphatic heterocycles. The summed E-state index contributed by atoms with van der Waals surface area (Å²) in [5.74, 6) is 0.348. The number of rotatable bonds is 3. The van der Waals surface area contributed by atoms with Gasteiger partial charge in [-0.2, -0.15) is 0 Å². The van der Waals surface area contributed by atoms with Crippen LogP contribution in [0.1, 0.15) is 24.8 Å². The van der Waals surface area contributed by atoms with Crippen molar-refractivity contribution in [2.45, 2.75) is 37.9 Å². The number of carbonyl (C=O) groups excluding carboxylic acids is 1. The molecule has 2 aliphatic rings. The zero-order chi connectivity index (χ0) is 12.5. The van der Waals surface area contributed by atoms with Crippen LogP contribution < -0.4 is 10.6 Å². The molecule has 2 heterocycles. The van der Waals surface area contributed by atoms with Crippen LogP contribution in [0.5, 0.6) is 0 Å². The van der Waals surface area contributed by atoms with E-state index >= 15 is 0 Å². The standard InChI is InChI=1S/C14H17ClN2O/c15-10-3-1-9(2-4-10)8-16-14(18)12-7-11-5-6-13(12)17-11/h1-4,11-13,17H,5-8H2,(H,16,18). The zero-order valence-corrected chi connectivity index (χ0v) is 10.9. The molecule has 0 aliphatic carbocycles. The molecule has 3 unspecified atom stereocenters. The lowest BCUT2D eigenvalue weighted by molar-refractivity contribution is -0.125. The summed E-state index contributed by atoms with van der Waals surface area (Å²) < 4.78 is 0. The average molecular weight is 265 g/mol. The van der Waals surface area contributed by atoms with Crippen LogP contribution in [0.4, 0.5) is 0 Å². The van der Waals surface area contributed by atoms with Crippen LogP contribution in [0.2, 0.25) is 5.02 Å². The molecule has 0 spiro atoms. The van der Waals surface area contributed by atoms with Crippen molar-refractivity contribution in [3.05, 3.63) is 34.9 Å². The second-order valence-corrected chi connectivity index (χ2v) is 5.67. The molecule has 2 N–H and O–H groups in total. The molecule has 3 rings (SSSR count). The fraction of sp³-hybridized carbons (Fsp3) is 0.500. The van der Waals surface area contributed by atoms with Crippen LogP contribution in [-0.4, -0.2) is 18.0 Å². The third-order valence-electron chi connectivity index (χ3n) is 4.02. The molecule has 4 heteroatoms. The molecule has 0 saturated carbocycles. The van der Waals surface area contributed by atoms with Gasteiger partial charge in [-0.15, -0.1) is 0 Å². The summed E-state index contributed by atoms with van der Waals surface area (Å²) in [4.78, 5) is 12.1. The monoisotopic (exact) mass is 264 g/mol. The van der Waals surface area contributed by atoms with E-state index in [2.05, 4.69) is 10.6 Å². The zero-order valence-electron chi connectivity index (χ0n) is 10.2. The van der Waals surface area contributed by atoms with Crippen molar-refractivity contribution in [3.8, 4) is 0 Å². The number of hydrogen-bond acceptors (Lipinski definition) is 2. The SMILES string of the molecule is O=C(NCc1ccc(Cl)cc1)C1CC2CCC1N2. The minimum atomic E-state index is 0.163. The predicted octanol–water partition coefficient (Wildman–Crippen LogP) is 2.10. The van der Waals surface area contributed by atoms with Crippen molar-refractivity contribution >= 4 is 17.5 Å². The van der Waals surface area contributed by atoms with E-state index in [1.165, 1.54) is 6.42 Å². The van der Waals surface area contributed by atoms with Crippen molar-refractivity contribution < 1.29 is 4.79 Å². The molecule has 2 saturated heterocycles. The number of nitrogens with one attached hydrogen (secondary N) is 2. The van der Waals surface area contributed by atoms with E-state index < -0.39 is 0 Å². The minimum Gasteiger partial charge on any atom is -0.352 e. The molecule has 96 valence electrons. The molecule has 1 amide bonds. The van der Waals surface area contributed by atoms with Crippen molar-refractivity contribution in [1.29, 1.82) is 0 Å². The van der Waals surface area contributed by atoms with E-state index in [0.29, 0.717) is 18.6 Å². The van der Waals surface area contributed by atoms with Gasteiger partial charge in [-0.25, -0.2) is 0 Å². The lowest BCUT2D eigenvalue weighted by Gasteiger charge is -2.19. The second-order valence-electron chi connectivity index (χ2n) is 5.23. The molecule has 1 aromatic rings. The lowest BCUT2D eigenvalue weighted by atomic mass is 9.88. The van der Waals surface area contributed by atoms with Crippen LogP contribution >= 0.6 is 11.6 Å². The van der Waals surface area contributed by atoms with Crippen LogP contribution in [0.25, 0.3) is 0 Å². The van der Waals surface area contributed by atoms with Crippen molar-refractivity contribution in [2.75, 3.05) is 0 Å². The van der Waals surface area contributed by atoms with Crippen molar-refractivity contribution in [3.63, 3.8) is 0 Å². The van der Waals surface area contributed by atoms with Gasteiger partial charge in [-0.05, 0) is 37.0 Å². The van der Waals surface area contributed by atoms with Gasteiger partial charge in [-0.1, -0.05) is 23.7 Å². The second kappa shape index (κ2) is 4.90. The highest BCUT2D eigenvalue weighted by Crippen LogP contribution is 2.33. The molecule has 0 aromatic heterocycles. The summed E-state index contributed by atoms with van der Waals surface area (Å²) in [6, 6.07) is 8.56. The van der Waals surface area contributed by atoms with E-state index in [4.69, 9.17) is 11.6 Å². The number of halogens is 1. The first-order valence-electron chi connectivity index (χ1n) is 6.50. The quantitative estimate of drug-likeness (QED) is 0.878. The third-order valence-corrected chi connectivity index (χ3v) is 4.27. The Morgan fingerprint density at radius 2 is 2.11 bits per heavy atom. The smallest absolute Gasteiger partial charge is 0.225 e. The Morgan fingerprint density at radius 3 is 2.72 bits per heavy atom. The maximum absolute atomic E-state index is 12.1. The van der Waals surface area contributed by atoms with Gasteiger partial charge in [-0.3, -0.25) is 4.79 Å². The summed E-state index contributed by atoms with van der Waals surface area (Å²) in [6.45, 7) is 0.587. The van der Waals surface area contributed by atoms with Gasteiger partial charge in [0, 0.05) is 23.7 Å². The summed E-state index contributed by atoms with van der Waals surface area (Å²) in [6.07, 6.45) is 3.37. The Morgan fingerprint density at radius 1 is 1.33 bits per heavy atom. The van der Waals surface area contributed by atoms with Crippen molar-refractivity contribution in [2.24, 2.45) is 5.92 Å². The fourth-order valence-corrected chi connectivity index (χ4v) is 3.16. The van der Waals surface area contributed by atoms with Crippen LogP contribution in [-0.2, 0) is 11.3 Å². The Bertz CT molecular complexity index is 446. The Balaban J connectivity index is 1.54. The van der Waals surface area contributed by atoms with Gasteiger partial charge in [0.1, 0.15) is 0 Å². The summed E-state index contributed by atoms with van der Waals surface area (Å²) >= 11 is 5.83. The highest BCUT2D eigenvalue weighted by Gasteiger charge is 2.42. The molecule has 2 bridgehead atoms. The third kappa shape index (κ3) is 2.38. The van der Waals surface area contributed by atoms with Gasteiger partial charge in [0.15, 0.2) is 0 Å².